The normalized spacial score (nSPS) is 10.9. The molecule has 0 radical (unpaired) electrons. The zero-order chi connectivity index (χ0) is 13.5. The van der Waals surface area contributed by atoms with E-state index in [9.17, 15) is 0 Å². The molecule has 0 spiro atoms. The Bertz CT molecular complexity index is 480. The third-order valence-electron chi connectivity index (χ3n) is 2.66. The van der Waals surface area contributed by atoms with Gasteiger partial charge in [0.15, 0.2) is 0 Å². The second kappa shape index (κ2) is 6.95. The zero-order valence-corrected chi connectivity index (χ0v) is 11.5. The molecule has 0 saturated heterocycles. The van der Waals surface area contributed by atoms with Crippen LogP contribution in [0.15, 0.2) is 36.7 Å². The topological polar surface area (TPSA) is 49.9 Å². The first kappa shape index (κ1) is 13.6. The molecular formula is C15H21N3O. The fourth-order valence-electron chi connectivity index (χ4n) is 1.73. The van der Waals surface area contributed by atoms with Crippen molar-refractivity contribution in [2.75, 3.05) is 6.61 Å². The summed E-state index contributed by atoms with van der Waals surface area (Å²) in [5.74, 6) is 2.43. The molecule has 1 heterocycles. The Morgan fingerprint density at radius 2 is 2.21 bits per heavy atom. The first-order chi connectivity index (χ1) is 9.24. The van der Waals surface area contributed by atoms with E-state index in [1.54, 1.807) is 6.20 Å². The molecule has 0 unspecified atom stereocenters. The van der Waals surface area contributed by atoms with Gasteiger partial charge in [-0.3, -0.25) is 0 Å². The average Bonchev–Trinajstić information content (AvgIpc) is 2.90. The van der Waals surface area contributed by atoms with Gasteiger partial charge in [-0.2, -0.15) is 0 Å². The van der Waals surface area contributed by atoms with Crippen LogP contribution in [0.4, 0.5) is 0 Å². The molecule has 4 nitrogen and oxygen atoms in total. The molecular weight excluding hydrogens is 238 g/mol. The Labute approximate surface area is 114 Å². The van der Waals surface area contributed by atoms with Crippen molar-refractivity contribution in [3.63, 3.8) is 0 Å². The van der Waals surface area contributed by atoms with Crippen LogP contribution in [0.1, 0.15) is 25.2 Å². The number of hydrogen-bond donors (Lipinski definition) is 2. The Balaban J connectivity index is 1.81. The predicted molar refractivity (Wildman–Crippen MR) is 75.9 cm³/mol. The van der Waals surface area contributed by atoms with E-state index in [0.29, 0.717) is 5.92 Å². The van der Waals surface area contributed by atoms with Gasteiger partial charge in [0.2, 0.25) is 0 Å². The van der Waals surface area contributed by atoms with Gasteiger partial charge in [-0.05, 0) is 23.6 Å². The minimum absolute atomic E-state index is 0.542. The van der Waals surface area contributed by atoms with Gasteiger partial charge in [0.25, 0.3) is 0 Å². The number of H-pyrrole nitrogens is 1. The van der Waals surface area contributed by atoms with Crippen molar-refractivity contribution in [3.8, 4) is 5.75 Å². The van der Waals surface area contributed by atoms with Crippen LogP contribution in [0.25, 0.3) is 0 Å². The van der Waals surface area contributed by atoms with Crippen LogP contribution in [-0.2, 0) is 13.1 Å². The summed E-state index contributed by atoms with van der Waals surface area (Å²) in [6, 6.07) is 8.20. The lowest BCUT2D eigenvalue weighted by atomic mass is 10.2. The number of ether oxygens (including phenoxy) is 1. The third kappa shape index (κ3) is 4.75. The minimum Gasteiger partial charge on any atom is -0.493 e. The molecule has 2 rings (SSSR count). The van der Waals surface area contributed by atoms with Crippen LogP contribution in [0.2, 0.25) is 0 Å². The highest BCUT2D eigenvalue weighted by molar-refractivity contribution is 5.28. The van der Waals surface area contributed by atoms with E-state index >= 15 is 0 Å². The van der Waals surface area contributed by atoms with Crippen molar-refractivity contribution >= 4 is 0 Å². The number of nitrogens with one attached hydrogen (secondary N) is 2. The van der Waals surface area contributed by atoms with Gasteiger partial charge in [-0.1, -0.05) is 26.0 Å². The predicted octanol–water partition coefficient (Wildman–Crippen LogP) is 2.73. The molecule has 19 heavy (non-hydrogen) atoms. The zero-order valence-electron chi connectivity index (χ0n) is 11.5. The Morgan fingerprint density at radius 3 is 2.95 bits per heavy atom. The largest absolute Gasteiger partial charge is 0.493 e. The number of aromatic amines is 1. The summed E-state index contributed by atoms with van der Waals surface area (Å²) in [6.45, 7) is 6.59. The first-order valence-corrected chi connectivity index (χ1v) is 6.65. The lowest BCUT2D eigenvalue weighted by Crippen LogP contribution is -2.13. The molecule has 0 amide bonds. The van der Waals surface area contributed by atoms with Crippen LogP contribution >= 0.6 is 0 Å². The molecule has 1 aromatic carbocycles. The second-order valence-corrected chi connectivity index (χ2v) is 4.99. The lowest BCUT2D eigenvalue weighted by molar-refractivity contribution is 0.271. The van der Waals surface area contributed by atoms with Crippen molar-refractivity contribution in [1.29, 1.82) is 0 Å². The van der Waals surface area contributed by atoms with Crippen molar-refractivity contribution in [3.05, 3.63) is 48.0 Å². The highest BCUT2D eigenvalue weighted by atomic mass is 16.5. The highest BCUT2D eigenvalue weighted by Crippen LogP contribution is 2.14. The summed E-state index contributed by atoms with van der Waals surface area (Å²) in [5.41, 5.74) is 1.22. The van der Waals surface area contributed by atoms with E-state index in [0.717, 1.165) is 31.3 Å². The Morgan fingerprint density at radius 1 is 1.32 bits per heavy atom. The van der Waals surface area contributed by atoms with Gasteiger partial charge in [0.1, 0.15) is 11.6 Å². The van der Waals surface area contributed by atoms with Gasteiger partial charge < -0.3 is 15.0 Å². The van der Waals surface area contributed by atoms with Crippen molar-refractivity contribution < 1.29 is 4.74 Å². The van der Waals surface area contributed by atoms with E-state index in [4.69, 9.17) is 4.74 Å². The quantitative estimate of drug-likeness (QED) is 0.804. The van der Waals surface area contributed by atoms with Crippen molar-refractivity contribution in [2.24, 2.45) is 5.92 Å². The average molecular weight is 259 g/mol. The minimum atomic E-state index is 0.542. The summed E-state index contributed by atoms with van der Waals surface area (Å²) in [6.07, 6.45) is 3.59. The summed E-state index contributed by atoms with van der Waals surface area (Å²) in [5, 5.41) is 3.35. The van der Waals surface area contributed by atoms with Crippen LogP contribution in [0, 0.1) is 5.92 Å². The van der Waals surface area contributed by atoms with E-state index in [1.807, 2.05) is 18.3 Å². The lowest BCUT2D eigenvalue weighted by Gasteiger charge is -2.10. The van der Waals surface area contributed by atoms with E-state index in [2.05, 4.69) is 41.3 Å². The summed E-state index contributed by atoms with van der Waals surface area (Å²) in [4.78, 5) is 7.24. The molecule has 0 aliphatic rings. The van der Waals surface area contributed by atoms with E-state index < -0.39 is 0 Å². The van der Waals surface area contributed by atoms with Crippen LogP contribution in [0.5, 0.6) is 5.75 Å². The molecule has 4 heteroatoms. The number of aromatic nitrogens is 2. The fraction of sp³-hybridized carbons (Fsp3) is 0.400. The van der Waals surface area contributed by atoms with Gasteiger partial charge in [0, 0.05) is 18.9 Å². The van der Waals surface area contributed by atoms with E-state index in [-0.39, 0.29) is 0 Å². The molecule has 2 aromatic rings. The molecule has 1 aromatic heterocycles. The third-order valence-corrected chi connectivity index (χ3v) is 2.66. The molecule has 2 N–H and O–H groups in total. The number of imidazole rings is 1. The van der Waals surface area contributed by atoms with E-state index in [1.165, 1.54) is 5.56 Å². The maximum absolute atomic E-state index is 5.71. The number of benzene rings is 1. The smallest absolute Gasteiger partial charge is 0.120 e. The summed E-state index contributed by atoms with van der Waals surface area (Å²) < 4.78 is 5.71. The standard InChI is InChI=1S/C15H21N3O/c1-12(2)11-19-14-5-3-4-13(8-14)9-16-10-15-17-6-7-18-15/h3-8,12,16H,9-11H2,1-2H3,(H,17,18). The van der Waals surface area contributed by atoms with Crippen LogP contribution in [-0.4, -0.2) is 16.6 Å². The van der Waals surface area contributed by atoms with Gasteiger partial charge >= 0.3 is 0 Å². The van der Waals surface area contributed by atoms with Gasteiger partial charge in [0.05, 0.1) is 13.2 Å². The number of rotatable bonds is 7. The van der Waals surface area contributed by atoms with Crippen molar-refractivity contribution in [2.45, 2.75) is 26.9 Å². The maximum atomic E-state index is 5.71. The van der Waals surface area contributed by atoms with Gasteiger partial charge in [-0.15, -0.1) is 0 Å². The maximum Gasteiger partial charge on any atom is 0.120 e. The fourth-order valence-corrected chi connectivity index (χ4v) is 1.73. The summed E-state index contributed by atoms with van der Waals surface area (Å²) >= 11 is 0. The van der Waals surface area contributed by atoms with Gasteiger partial charge in [-0.25, -0.2) is 4.98 Å². The molecule has 0 aliphatic carbocycles. The Hall–Kier alpha value is -1.81. The first-order valence-electron chi connectivity index (χ1n) is 6.65. The monoisotopic (exact) mass is 259 g/mol. The Kier molecular flexibility index (Phi) is 4.98. The van der Waals surface area contributed by atoms with Crippen LogP contribution in [0.3, 0.4) is 0 Å². The SMILES string of the molecule is CC(C)COc1cccc(CNCc2ncc[nH]2)c1. The molecule has 102 valence electrons. The number of hydrogen-bond acceptors (Lipinski definition) is 3. The van der Waals surface area contributed by atoms with Crippen LogP contribution < -0.4 is 10.1 Å². The molecule has 0 fully saturated rings. The summed E-state index contributed by atoms with van der Waals surface area (Å²) in [7, 11) is 0. The molecule has 0 saturated carbocycles. The van der Waals surface area contributed by atoms with Crippen molar-refractivity contribution in [1.82, 2.24) is 15.3 Å². The molecule has 0 atom stereocenters. The second-order valence-electron chi connectivity index (χ2n) is 4.99. The highest BCUT2D eigenvalue weighted by Gasteiger charge is 2.00. The molecule has 0 aliphatic heterocycles. The molecule has 0 bridgehead atoms. The number of nitrogens with zero attached hydrogens (tertiary/aromatic N) is 1.